The van der Waals surface area contributed by atoms with E-state index in [1.54, 1.807) is 23.4 Å². The van der Waals surface area contributed by atoms with E-state index in [4.69, 9.17) is 4.74 Å². The molecule has 2 rings (SSSR count). The summed E-state index contributed by atoms with van der Waals surface area (Å²) in [6.45, 7) is 1.15. The average Bonchev–Trinajstić information content (AvgIpc) is 2.17. The first-order valence-corrected chi connectivity index (χ1v) is 3.70. The van der Waals surface area contributed by atoms with Gasteiger partial charge in [-0.25, -0.2) is 0 Å². The maximum atomic E-state index is 10.6. The number of fused-ring (bicyclic) bond motifs is 1. The number of aromatic nitrogens is 1. The molecule has 0 unspecified atom stereocenters. The third-order valence-corrected chi connectivity index (χ3v) is 1.79. The number of nitrogens with zero attached hydrogens (tertiary/aromatic N) is 2. The summed E-state index contributed by atoms with van der Waals surface area (Å²) in [6.07, 6.45) is 4.07. The van der Waals surface area contributed by atoms with Crippen LogP contribution in [0, 0.1) is 0 Å². The quantitative estimate of drug-likeness (QED) is 0.693. The monoisotopic (exact) mass is 244 g/mol. The van der Waals surface area contributed by atoms with Gasteiger partial charge in [0.05, 0.1) is 18.4 Å². The first kappa shape index (κ1) is 9.98. The molecule has 0 spiro atoms. The molecule has 4 nitrogen and oxygen atoms in total. The van der Waals surface area contributed by atoms with Crippen LogP contribution in [0.1, 0.15) is 0 Å². The highest BCUT2D eigenvalue weighted by molar-refractivity contribution is 8.93. The zero-order valence-electron chi connectivity index (χ0n) is 6.84. The lowest BCUT2D eigenvalue weighted by atomic mass is 10.3. The van der Waals surface area contributed by atoms with Gasteiger partial charge in [-0.15, -0.1) is 17.0 Å². The van der Waals surface area contributed by atoms with Gasteiger partial charge in [-0.3, -0.25) is 9.78 Å². The summed E-state index contributed by atoms with van der Waals surface area (Å²) in [6, 6.07) is 1.77. The Labute approximate surface area is 86.3 Å². The second kappa shape index (κ2) is 4.23. The molecular weight excluding hydrogens is 236 g/mol. The second-order valence-corrected chi connectivity index (χ2v) is 2.49. The van der Waals surface area contributed by atoms with Crippen LogP contribution in [0.5, 0.6) is 5.75 Å². The summed E-state index contributed by atoms with van der Waals surface area (Å²) < 4.78 is 5.29. The third-order valence-electron chi connectivity index (χ3n) is 1.79. The van der Waals surface area contributed by atoms with Gasteiger partial charge < -0.3 is 9.64 Å². The Kier molecular flexibility index (Phi) is 3.25. The van der Waals surface area contributed by atoms with E-state index in [0.29, 0.717) is 18.9 Å². The highest BCUT2D eigenvalue weighted by Gasteiger charge is 2.16. The van der Waals surface area contributed by atoms with E-state index in [-0.39, 0.29) is 17.0 Å². The maximum Gasteiger partial charge on any atom is 0.214 e. The molecule has 2 heterocycles. The number of amides is 1. The number of rotatable bonds is 1. The summed E-state index contributed by atoms with van der Waals surface area (Å²) >= 11 is 0. The number of carbonyl (C=O) groups is 1. The Bertz CT molecular complexity index is 306. The Balaban J connectivity index is 0.000000845. The molecule has 0 radical (unpaired) electrons. The summed E-state index contributed by atoms with van der Waals surface area (Å²) in [7, 11) is 0. The van der Waals surface area contributed by atoms with Gasteiger partial charge in [0.1, 0.15) is 6.61 Å². The van der Waals surface area contributed by atoms with Gasteiger partial charge in [0.25, 0.3) is 0 Å². The van der Waals surface area contributed by atoms with Crippen LogP contribution in [0.3, 0.4) is 0 Å². The van der Waals surface area contributed by atoms with Crippen LogP contribution >= 0.6 is 17.0 Å². The fourth-order valence-electron chi connectivity index (χ4n) is 1.21. The van der Waals surface area contributed by atoms with Crippen molar-refractivity contribution in [3.8, 4) is 5.75 Å². The lowest BCUT2D eigenvalue weighted by molar-refractivity contribution is -0.107. The fraction of sp³-hybridized carbons (Fsp3) is 0.250. The second-order valence-electron chi connectivity index (χ2n) is 2.49. The SMILES string of the molecule is Br.O=CN1CCOc2cnccc21. The Morgan fingerprint density at radius 1 is 1.62 bits per heavy atom. The normalized spacial score (nSPS) is 13.7. The van der Waals surface area contributed by atoms with Gasteiger partial charge in [0.15, 0.2) is 5.75 Å². The van der Waals surface area contributed by atoms with Crippen LogP contribution in [-0.2, 0) is 4.79 Å². The van der Waals surface area contributed by atoms with Crippen LogP contribution < -0.4 is 9.64 Å². The standard InChI is InChI=1S/C8H8N2O2.BrH/c11-6-10-3-4-12-8-5-9-2-1-7(8)10;/h1-2,5-6H,3-4H2;1H. The molecule has 1 aromatic rings. The van der Waals surface area contributed by atoms with Gasteiger partial charge in [-0.2, -0.15) is 0 Å². The summed E-state index contributed by atoms with van der Waals surface area (Å²) in [4.78, 5) is 16.1. The lowest BCUT2D eigenvalue weighted by Crippen LogP contribution is -2.31. The van der Waals surface area contributed by atoms with Gasteiger partial charge in [0.2, 0.25) is 6.41 Å². The van der Waals surface area contributed by atoms with Crippen LogP contribution in [-0.4, -0.2) is 24.5 Å². The maximum absolute atomic E-state index is 10.6. The van der Waals surface area contributed by atoms with Crippen molar-refractivity contribution in [2.45, 2.75) is 0 Å². The van der Waals surface area contributed by atoms with Crippen LogP contribution in [0.4, 0.5) is 5.69 Å². The number of anilines is 1. The van der Waals surface area contributed by atoms with Crippen molar-refractivity contribution in [1.29, 1.82) is 0 Å². The molecular formula is C8H9BrN2O2. The van der Waals surface area contributed by atoms with E-state index in [9.17, 15) is 4.79 Å². The zero-order chi connectivity index (χ0) is 8.39. The summed E-state index contributed by atoms with van der Waals surface area (Å²) in [5, 5.41) is 0. The van der Waals surface area contributed by atoms with Crippen molar-refractivity contribution in [2.24, 2.45) is 0 Å². The molecule has 0 atom stereocenters. The number of ether oxygens (including phenoxy) is 1. The van der Waals surface area contributed by atoms with E-state index >= 15 is 0 Å². The highest BCUT2D eigenvalue weighted by Crippen LogP contribution is 2.28. The Hall–Kier alpha value is -1.10. The predicted octanol–water partition coefficient (Wildman–Crippen LogP) is 1.01. The lowest BCUT2D eigenvalue weighted by Gasteiger charge is -2.25. The zero-order valence-corrected chi connectivity index (χ0v) is 8.56. The summed E-state index contributed by atoms with van der Waals surface area (Å²) in [5.41, 5.74) is 0.797. The molecule has 70 valence electrons. The number of pyridine rings is 1. The molecule has 1 aliphatic heterocycles. The Morgan fingerprint density at radius 3 is 3.23 bits per heavy atom. The first-order valence-electron chi connectivity index (χ1n) is 3.70. The van der Waals surface area contributed by atoms with Gasteiger partial charge >= 0.3 is 0 Å². The van der Waals surface area contributed by atoms with E-state index < -0.39 is 0 Å². The molecule has 0 saturated carbocycles. The van der Waals surface area contributed by atoms with E-state index in [1.165, 1.54) is 0 Å². The van der Waals surface area contributed by atoms with Gasteiger partial charge in [-0.1, -0.05) is 0 Å². The number of hydrogen-bond donors (Lipinski definition) is 0. The van der Waals surface area contributed by atoms with Crippen LogP contribution in [0.25, 0.3) is 0 Å². The minimum atomic E-state index is 0. The number of halogens is 1. The van der Waals surface area contributed by atoms with Crippen molar-refractivity contribution in [3.05, 3.63) is 18.5 Å². The largest absolute Gasteiger partial charge is 0.488 e. The number of hydrogen-bond acceptors (Lipinski definition) is 3. The molecule has 0 aliphatic carbocycles. The van der Waals surface area contributed by atoms with Crippen LogP contribution in [0.2, 0.25) is 0 Å². The van der Waals surface area contributed by atoms with Gasteiger partial charge in [0, 0.05) is 6.20 Å². The van der Waals surface area contributed by atoms with Gasteiger partial charge in [-0.05, 0) is 6.07 Å². The van der Waals surface area contributed by atoms with Crippen molar-refractivity contribution < 1.29 is 9.53 Å². The Morgan fingerprint density at radius 2 is 2.46 bits per heavy atom. The van der Waals surface area contributed by atoms with Crippen molar-refractivity contribution in [3.63, 3.8) is 0 Å². The average molecular weight is 245 g/mol. The molecule has 13 heavy (non-hydrogen) atoms. The third kappa shape index (κ3) is 1.80. The highest BCUT2D eigenvalue weighted by atomic mass is 79.9. The molecule has 0 aromatic carbocycles. The molecule has 0 fully saturated rings. The van der Waals surface area contributed by atoms with Crippen LogP contribution in [0.15, 0.2) is 18.5 Å². The smallest absolute Gasteiger partial charge is 0.214 e. The molecule has 0 saturated heterocycles. The minimum Gasteiger partial charge on any atom is -0.488 e. The molecule has 1 aromatic heterocycles. The van der Waals surface area contributed by atoms with E-state index in [0.717, 1.165) is 12.1 Å². The summed E-state index contributed by atoms with van der Waals surface area (Å²) in [5.74, 6) is 0.677. The van der Waals surface area contributed by atoms with Crippen molar-refractivity contribution in [2.75, 3.05) is 18.1 Å². The molecule has 1 aliphatic rings. The topological polar surface area (TPSA) is 42.4 Å². The fourth-order valence-corrected chi connectivity index (χ4v) is 1.21. The van der Waals surface area contributed by atoms with E-state index in [1.807, 2.05) is 0 Å². The number of carbonyl (C=O) groups excluding carboxylic acids is 1. The first-order chi connectivity index (χ1) is 5.92. The molecule has 0 bridgehead atoms. The predicted molar refractivity (Wildman–Crippen MR) is 53.5 cm³/mol. The molecule has 1 amide bonds. The van der Waals surface area contributed by atoms with Crippen molar-refractivity contribution >= 4 is 29.1 Å². The molecule has 0 N–H and O–H groups in total. The minimum absolute atomic E-state index is 0. The van der Waals surface area contributed by atoms with E-state index in [2.05, 4.69) is 4.98 Å². The molecule has 5 heteroatoms. The van der Waals surface area contributed by atoms with Crippen molar-refractivity contribution in [1.82, 2.24) is 4.98 Å².